The Balaban J connectivity index is 1.24. The first kappa shape index (κ1) is 27.1. The Morgan fingerprint density at radius 2 is 0.844 bits per heavy atom. The molecule has 0 radical (unpaired) electrons. The van der Waals surface area contributed by atoms with E-state index in [1.807, 2.05) is 0 Å². The predicted molar refractivity (Wildman–Crippen MR) is 194 cm³/mol. The van der Waals surface area contributed by atoms with Crippen molar-refractivity contribution in [2.75, 3.05) is 4.90 Å². The molecule has 7 aromatic carbocycles. The van der Waals surface area contributed by atoms with Crippen molar-refractivity contribution in [1.82, 2.24) is 0 Å². The minimum atomic E-state index is -2.19. The van der Waals surface area contributed by atoms with Gasteiger partial charge in [0.1, 0.15) is 8.07 Å². The highest BCUT2D eigenvalue weighted by Gasteiger charge is 2.44. The molecule has 0 bridgehead atoms. The van der Waals surface area contributed by atoms with Gasteiger partial charge in [-0.1, -0.05) is 158 Å². The average molecular weight is 592 g/mol. The fraction of sp³-hybridized carbons (Fsp3) is 0.0233. The lowest BCUT2D eigenvalue weighted by Gasteiger charge is -2.29. The van der Waals surface area contributed by atoms with Crippen LogP contribution in [0.3, 0.4) is 0 Å². The van der Waals surface area contributed by atoms with Gasteiger partial charge in [0.25, 0.3) is 0 Å². The lowest BCUT2D eigenvalue weighted by molar-refractivity contribution is 1.29. The summed E-state index contributed by atoms with van der Waals surface area (Å²) >= 11 is 0. The Morgan fingerprint density at radius 1 is 0.378 bits per heavy atom. The minimum Gasteiger partial charge on any atom is -0.310 e. The smallest absolute Gasteiger partial charge is 0.147 e. The van der Waals surface area contributed by atoms with E-state index in [1.165, 1.54) is 54.6 Å². The number of nitrogens with zero attached hydrogens (tertiary/aromatic N) is 1. The highest BCUT2D eigenvalue weighted by Crippen LogP contribution is 2.43. The number of benzene rings is 7. The SMILES string of the molecule is C[Si]1(c2ccccc2)c2ccccc2-c2c(N(c3ccccc3)c3ccc(-c4ccc(-c5ccccc5)cc4)cc3)cccc21. The molecule has 0 aromatic heterocycles. The number of hydrogen-bond acceptors (Lipinski definition) is 1. The molecule has 1 nitrogen and oxygen atoms in total. The minimum absolute atomic E-state index is 1.15. The monoisotopic (exact) mass is 591 g/mol. The molecule has 0 spiro atoms. The summed E-state index contributed by atoms with van der Waals surface area (Å²) in [5.74, 6) is 0. The third-order valence-corrected chi connectivity index (χ3v) is 13.9. The van der Waals surface area contributed by atoms with Crippen LogP contribution in [0.25, 0.3) is 33.4 Å². The summed E-state index contributed by atoms with van der Waals surface area (Å²) in [6.07, 6.45) is 0. The molecule has 214 valence electrons. The summed E-state index contributed by atoms with van der Waals surface area (Å²) < 4.78 is 0. The Bertz CT molecular complexity index is 2090. The second-order valence-corrected chi connectivity index (χ2v) is 15.8. The van der Waals surface area contributed by atoms with Crippen molar-refractivity contribution >= 4 is 40.7 Å². The average Bonchev–Trinajstić information content (AvgIpc) is 3.39. The van der Waals surface area contributed by atoms with Crippen LogP contribution in [0.1, 0.15) is 0 Å². The zero-order valence-corrected chi connectivity index (χ0v) is 26.3. The van der Waals surface area contributed by atoms with Gasteiger partial charge in [-0.3, -0.25) is 0 Å². The van der Waals surface area contributed by atoms with Crippen molar-refractivity contribution in [1.29, 1.82) is 0 Å². The van der Waals surface area contributed by atoms with Gasteiger partial charge in [-0.25, -0.2) is 0 Å². The molecule has 0 amide bonds. The largest absolute Gasteiger partial charge is 0.310 e. The van der Waals surface area contributed by atoms with E-state index in [-0.39, 0.29) is 0 Å². The molecule has 7 aromatic rings. The second kappa shape index (κ2) is 11.2. The molecule has 0 N–H and O–H groups in total. The molecule has 1 atom stereocenters. The van der Waals surface area contributed by atoms with Gasteiger partial charge in [0.15, 0.2) is 0 Å². The standard InChI is InChI=1S/C43H33NSi/c1-45(38-18-9-4-10-19-38)41-22-12-11-20-39(41)43-40(21-13-23-42(43)45)44(36-16-7-3-8-17-36)37-30-28-35(29-31-37)34-26-24-33(25-27-34)32-14-5-2-6-15-32/h2-31H,1H3. The molecule has 1 heterocycles. The van der Waals surface area contributed by atoms with E-state index in [2.05, 4.69) is 193 Å². The number of rotatable bonds is 6. The first-order valence-electron chi connectivity index (χ1n) is 15.6. The van der Waals surface area contributed by atoms with Crippen LogP contribution in [0, 0.1) is 0 Å². The lowest BCUT2D eigenvalue weighted by Crippen LogP contribution is -2.62. The summed E-state index contributed by atoms with van der Waals surface area (Å²) in [4.78, 5) is 2.43. The number of fused-ring (bicyclic) bond motifs is 3. The molecule has 1 unspecified atom stereocenters. The molecular formula is C43H33NSi. The van der Waals surface area contributed by atoms with Gasteiger partial charge >= 0.3 is 0 Å². The first-order valence-corrected chi connectivity index (χ1v) is 18.1. The molecule has 0 aliphatic carbocycles. The summed E-state index contributed by atoms with van der Waals surface area (Å²) in [6.45, 7) is 2.52. The first-order chi connectivity index (χ1) is 22.2. The van der Waals surface area contributed by atoms with Gasteiger partial charge in [-0.2, -0.15) is 0 Å². The predicted octanol–water partition coefficient (Wildman–Crippen LogP) is 9.57. The van der Waals surface area contributed by atoms with Gasteiger partial charge < -0.3 is 4.90 Å². The highest BCUT2D eigenvalue weighted by atomic mass is 28.3. The van der Waals surface area contributed by atoms with Crippen molar-refractivity contribution in [3.05, 3.63) is 182 Å². The fourth-order valence-corrected chi connectivity index (χ4v) is 11.2. The van der Waals surface area contributed by atoms with Gasteiger partial charge in [0, 0.05) is 16.9 Å². The molecule has 1 aliphatic heterocycles. The van der Waals surface area contributed by atoms with Crippen LogP contribution in [0.15, 0.2) is 182 Å². The maximum atomic E-state index is 2.52. The molecule has 0 fully saturated rings. The molecule has 8 rings (SSSR count). The molecule has 2 heteroatoms. The molecule has 1 aliphatic rings. The Morgan fingerprint density at radius 3 is 1.49 bits per heavy atom. The Labute approximate surface area is 266 Å². The Hall–Kier alpha value is -5.44. The van der Waals surface area contributed by atoms with Crippen LogP contribution in [0.2, 0.25) is 6.55 Å². The lowest BCUT2D eigenvalue weighted by atomic mass is 9.99. The number of para-hydroxylation sites is 1. The van der Waals surface area contributed by atoms with E-state index in [0.29, 0.717) is 0 Å². The maximum absolute atomic E-state index is 2.52. The summed E-state index contributed by atoms with van der Waals surface area (Å²) in [5.41, 5.74) is 11.1. The van der Waals surface area contributed by atoms with Crippen LogP contribution >= 0.6 is 0 Å². The van der Waals surface area contributed by atoms with Crippen molar-refractivity contribution in [2.24, 2.45) is 0 Å². The number of anilines is 3. The van der Waals surface area contributed by atoms with Crippen molar-refractivity contribution < 1.29 is 0 Å². The van der Waals surface area contributed by atoms with Crippen molar-refractivity contribution in [3.8, 4) is 33.4 Å². The quantitative estimate of drug-likeness (QED) is 0.174. The van der Waals surface area contributed by atoms with E-state index in [1.54, 1.807) is 0 Å². The van der Waals surface area contributed by atoms with Crippen LogP contribution in [-0.2, 0) is 0 Å². The van der Waals surface area contributed by atoms with Crippen molar-refractivity contribution in [3.63, 3.8) is 0 Å². The third kappa shape index (κ3) is 4.62. The summed E-state index contributed by atoms with van der Waals surface area (Å²) in [5, 5.41) is 4.41. The van der Waals surface area contributed by atoms with Gasteiger partial charge in [0.2, 0.25) is 0 Å². The normalized spacial score (nSPS) is 14.9. The topological polar surface area (TPSA) is 3.24 Å². The van der Waals surface area contributed by atoms with Crippen LogP contribution in [0.5, 0.6) is 0 Å². The van der Waals surface area contributed by atoms with Crippen LogP contribution in [-0.4, -0.2) is 8.07 Å². The van der Waals surface area contributed by atoms with E-state index >= 15 is 0 Å². The van der Waals surface area contributed by atoms with E-state index < -0.39 is 8.07 Å². The highest BCUT2D eigenvalue weighted by molar-refractivity contribution is 7.13. The van der Waals surface area contributed by atoms with E-state index in [4.69, 9.17) is 0 Å². The van der Waals surface area contributed by atoms with E-state index in [0.717, 1.165) is 11.4 Å². The van der Waals surface area contributed by atoms with E-state index in [9.17, 15) is 0 Å². The van der Waals surface area contributed by atoms with Gasteiger partial charge in [-0.15, -0.1) is 0 Å². The fourth-order valence-electron chi connectivity index (χ4n) is 7.08. The zero-order chi connectivity index (χ0) is 30.2. The second-order valence-electron chi connectivity index (χ2n) is 11.9. The summed E-state index contributed by atoms with van der Waals surface area (Å²) in [7, 11) is -2.19. The molecule has 45 heavy (non-hydrogen) atoms. The summed E-state index contributed by atoms with van der Waals surface area (Å²) in [6, 6.07) is 66.4. The zero-order valence-electron chi connectivity index (χ0n) is 25.3. The number of hydrogen-bond donors (Lipinski definition) is 0. The Kier molecular flexibility index (Phi) is 6.78. The van der Waals surface area contributed by atoms with Crippen LogP contribution < -0.4 is 20.5 Å². The molecule has 0 saturated heterocycles. The van der Waals surface area contributed by atoms with Crippen LogP contribution in [0.4, 0.5) is 17.1 Å². The maximum Gasteiger partial charge on any atom is 0.147 e. The third-order valence-electron chi connectivity index (χ3n) is 9.37. The van der Waals surface area contributed by atoms with Crippen molar-refractivity contribution in [2.45, 2.75) is 6.55 Å². The van der Waals surface area contributed by atoms with Gasteiger partial charge in [-0.05, 0) is 73.7 Å². The molecule has 0 saturated carbocycles. The molecular weight excluding hydrogens is 559 g/mol. The van der Waals surface area contributed by atoms with Gasteiger partial charge in [0.05, 0.1) is 5.69 Å².